The van der Waals surface area contributed by atoms with E-state index in [1.807, 2.05) is 73.7 Å². The van der Waals surface area contributed by atoms with Gasteiger partial charge in [0.2, 0.25) is 12.7 Å². The van der Waals surface area contributed by atoms with E-state index in [1.165, 1.54) is 11.8 Å². The van der Waals surface area contributed by atoms with Crippen LogP contribution in [0.25, 0.3) is 10.8 Å². The number of nitrogens with one attached hydrogen (secondary N) is 2. The van der Waals surface area contributed by atoms with Crippen molar-refractivity contribution in [2.24, 2.45) is 0 Å². The van der Waals surface area contributed by atoms with E-state index < -0.39 is 0 Å². The van der Waals surface area contributed by atoms with Crippen molar-refractivity contribution >= 4 is 45.7 Å². The van der Waals surface area contributed by atoms with Crippen LogP contribution < -0.4 is 20.1 Å². The van der Waals surface area contributed by atoms with Gasteiger partial charge in [-0.05, 0) is 60.2 Å². The van der Waals surface area contributed by atoms with Crippen LogP contribution in [0.3, 0.4) is 0 Å². The molecule has 2 N–H and O–H groups in total. The fraction of sp³-hybridized carbons (Fsp3) is 0.111. The summed E-state index contributed by atoms with van der Waals surface area (Å²) in [4.78, 5) is 26.4. The number of hydrogen-bond donors (Lipinski definition) is 2. The van der Waals surface area contributed by atoms with Gasteiger partial charge in [0.1, 0.15) is 0 Å². The van der Waals surface area contributed by atoms with Crippen LogP contribution in [0.1, 0.15) is 17.3 Å². The molecule has 0 saturated carbocycles. The first-order chi connectivity index (χ1) is 16.5. The van der Waals surface area contributed by atoms with E-state index in [1.54, 1.807) is 18.2 Å². The van der Waals surface area contributed by atoms with Gasteiger partial charge in [0.15, 0.2) is 11.5 Å². The number of benzene rings is 4. The van der Waals surface area contributed by atoms with Crippen molar-refractivity contribution < 1.29 is 19.1 Å². The maximum absolute atomic E-state index is 12.8. The van der Waals surface area contributed by atoms with Gasteiger partial charge >= 0.3 is 0 Å². The van der Waals surface area contributed by atoms with Gasteiger partial charge < -0.3 is 20.1 Å². The lowest BCUT2D eigenvalue weighted by Gasteiger charge is -2.13. The normalized spacial score (nSPS) is 12.9. The molecule has 5 rings (SSSR count). The predicted octanol–water partition coefficient (Wildman–Crippen LogP) is 5.94. The maximum Gasteiger partial charge on any atom is 0.255 e. The Kier molecular flexibility index (Phi) is 6.10. The van der Waals surface area contributed by atoms with Crippen LogP contribution in [0.5, 0.6) is 11.5 Å². The van der Waals surface area contributed by atoms with Crippen LogP contribution in [0.15, 0.2) is 89.8 Å². The summed E-state index contributed by atoms with van der Waals surface area (Å²) in [6.07, 6.45) is 0. The molecule has 4 aromatic rings. The predicted molar refractivity (Wildman–Crippen MR) is 135 cm³/mol. The molecule has 0 aliphatic carbocycles. The smallest absolute Gasteiger partial charge is 0.255 e. The second kappa shape index (κ2) is 9.49. The molecule has 0 spiro atoms. The quantitative estimate of drug-likeness (QED) is 0.341. The number of thioether (sulfide) groups is 1. The van der Waals surface area contributed by atoms with Gasteiger partial charge in [0, 0.05) is 27.9 Å². The Morgan fingerprint density at radius 1 is 0.794 bits per heavy atom. The van der Waals surface area contributed by atoms with Gasteiger partial charge in [0.05, 0.1) is 5.25 Å². The summed E-state index contributed by atoms with van der Waals surface area (Å²) in [6, 6.07) is 26.4. The number of hydrogen-bond acceptors (Lipinski definition) is 5. The molecule has 1 atom stereocenters. The van der Waals surface area contributed by atoms with Crippen molar-refractivity contribution in [3.05, 3.63) is 90.5 Å². The third-order valence-corrected chi connectivity index (χ3v) is 6.52. The van der Waals surface area contributed by atoms with E-state index in [9.17, 15) is 9.59 Å². The van der Waals surface area contributed by atoms with Gasteiger partial charge in [0.25, 0.3) is 5.91 Å². The molecule has 170 valence electrons. The Bertz CT molecular complexity index is 1390. The van der Waals surface area contributed by atoms with Crippen molar-refractivity contribution in [1.29, 1.82) is 0 Å². The van der Waals surface area contributed by atoms with Gasteiger partial charge in [-0.3, -0.25) is 9.59 Å². The summed E-state index contributed by atoms with van der Waals surface area (Å²) >= 11 is 1.42. The van der Waals surface area contributed by atoms with Crippen molar-refractivity contribution in [3.63, 3.8) is 0 Å². The van der Waals surface area contributed by atoms with Gasteiger partial charge in [-0.1, -0.05) is 36.4 Å². The SMILES string of the molecule is CC(Sc1cccc(NC(=O)c2ccc3ccccc3c2)c1)C(=O)Nc1ccc2c(c1)OCO2. The standard InChI is InChI=1S/C27H22N2O4S/c1-17(26(30)28-22-11-12-24-25(15-22)33-16-32-24)34-23-8-4-7-21(14-23)29-27(31)20-10-9-18-5-2-3-6-19(18)13-20/h2-15,17H,16H2,1H3,(H,28,30)(H,29,31). The first-order valence-corrected chi connectivity index (χ1v) is 11.7. The van der Waals surface area contributed by atoms with Crippen LogP contribution in [0.4, 0.5) is 11.4 Å². The highest BCUT2D eigenvalue weighted by Gasteiger charge is 2.18. The minimum atomic E-state index is -0.350. The van der Waals surface area contributed by atoms with E-state index >= 15 is 0 Å². The third kappa shape index (κ3) is 4.84. The molecule has 1 unspecified atom stereocenters. The minimum absolute atomic E-state index is 0.130. The van der Waals surface area contributed by atoms with Crippen LogP contribution in [0, 0.1) is 0 Å². The molecule has 0 bridgehead atoms. The number of carbonyl (C=O) groups is 2. The molecular weight excluding hydrogens is 448 g/mol. The zero-order chi connectivity index (χ0) is 23.5. The van der Waals surface area contributed by atoms with Crippen molar-refractivity contribution in [2.75, 3.05) is 17.4 Å². The number of rotatable bonds is 6. The summed E-state index contributed by atoms with van der Waals surface area (Å²) in [5, 5.41) is 7.61. The van der Waals surface area contributed by atoms with E-state index in [0.29, 0.717) is 28.4 Å². The molecule has 34 heavy (non-hydrogen) atoms. The largest absolute Gasteiger partial charge is 0.454 e. The molecule has 0 radical (unpaired) electrons. The van der Waals surface area contributed by atoms with Crippen molar-refractivity contribution in [1.82, 2.24) is 0 Å². The van der Waals surface area contributed by atoms with E-state index in [-0.39, 0.29) is 23.9 Å². The number of ether oxygens (including phenoxy) is 2. The first kappa shape index (κ1) is 21.9. The van der Waals surface area contributed by atoms with Gasteiger partial charge in [-0.2, -0.15) is 0 Å². The molecule has 6 nitrogen and oxygen atoms in total. The Morgan fingerprint density at radius 2 is 1.59 bits per heavy atom. The van der Waals surface area contributed by atoms with Gasteiger partial charge in [-0.15, -0.1) is 11.8 Å². The second-order valence-electron chi connectivity index (χ2n) is 7.86. The number of fused-ring (bicyclic) bond motifs is 2. The molecule has 0 aromatic heterocycles. The number of amides is 2. The lowest BCUT2D eigenvalue weighted by atomic mass is 10.1. The van der Waals surface area contributed by atoms with Crippen LogP contribution in [-0.4, -0.2) is 23.9 Å². The molecule has 1 heterocycles. The van der Waals surface area contributed by atoms with E-state index in [0.717, 1.165) is 15.7 Å². The lowest BCUT2D eigenvalue weighted by molar-refractivity contribution is -0.115. The molecule has 0 fully saturated rings. The summed E-state index contributed by atoms with van der Waals surface area (Å²) in [5.41, 5.74) is 1.91. The average Bonchev–Trinajstić information content (AvgIpc) is 3.32. The lowest BCUT2D eigenvalue weighted by Crippen LogP contribution is -2.22. The second-order valence-corrected chi connectivity index (χ2v) is 9.28. The zero-order valence-electron chi connectivity index (χ0n) is 18.4. The molecule has 7 heteroatoms. The number of carbonyl (C=O) groups excluding carboxylic acids is 2. The molecule has 1 aliphatic rings. The summed E-state index contributed by atoms with van der Waals surface area (Å²) in [5.74, 6) is 0.979. The monoisotopic (exact) mass is 470 g/mol. The third-order valence-electron chi connectivity index (χ3n) is 5.43. The topological polar surface area (TPSA) is 76.7 Å². The summed E-state index contributed by atoms with van der Waals surface area (Å²) in [7, 11) is 0. The molecular formula is C27H22N2O4S. The fourth-order valence-corrected chi connectivity index (χ4v) is 4.58. The fourth-order valence-electron chi connectivity index (χ4n) is 3.66. The Labute approximate surface area is 201 Å². The van der Waals surface area contributed by atoms with E-state index in [2.05, 4.69) is 10.6 Å². The van der Waals surface area contributed by atoms with Crippen LogP contribution >= 0.6 is 11.8 Å². The highest BCUT2D eigenvalue weighted by atomic mass is 32.2. The Morgan fingerprint density at radius 3 is 2.47 bits per heavy atom. The van der Waals surface area contributed by atoms with Crippen LogP contribution in [-0.2, 0) is 4.79 Å². The van der Waals surface area contributed by atoms with Crippen molar-refractivity contribution in [3.8, 4) is 11.5 Å². The molecule has 4 aromatic carbocycles. The van der Waals surface area contributed by atoms with Gasteiger partial charge in [-0.25, -0.2) is 0 Å². The Hall–Kier alpha value is -3.97. The average molecular weight is 471 g/mol. The molecule has 1 aliphatic heterocycles. The maximum atomic E-state index is 12.8. The Balaban J connectivity index is 1.22. The summed E-state index contributed by atoms with van der Waals surface area (Å²) < 4.78 is 10.7. The summed E-state index contributed by atoms with van der Waals surface area (Å²) in [6.45, 7) is 2.03. The van der Waals surface area contributed by atoms with Crippen molar-refractivity contribution in [2.45, 2.75) is 17.1 Å². The first-order valence-electron chi connectivity index (χ1n) is 10.8. The highest BCUT2D eigenvalue weighted by molar-refractivity contribution is 8.00. The highest BCUT2D eigenvalue weighted by Crippen LogP contribution is 2.34. The van der Waals surface area contributed by atoms with E-state index in [4.69, 9.17) is 9.47 Å². The number of anilines is 2. The van der Waals surface area contributed by atoms with Crippen LogP contribution in [0.2, 0.25) is 0 Å². The molecule has 0 saturated heterocycles. The molecule has 2 amide bonds. The zero-order valence-corrected chi connectivity index (χ0v) is 19.2. The minimum Gasteiger partial charge on any atom is -0.454 e.